The Kier molecular flexibility index (Phi) is 5.26. The number of aromatic nitrogens is 4. The minimum Gasteiger partial charge on any atom is -0.303 e. The van der Waals surface area contributed by atoms with E-state index in [0.29, 0.717) is 27.6 Å². The van der Waals surface area contributed by atoms with Crippen LogP contribution in [0.25, 0.3) is 0 Å². The van der Waals surface area contributed by atoms with Gasteiger partial charge in [-0.25, -0.2) is 0 Å². The number of carbonyl (C=O) groups excluding carboxylic acids is 1. The minimum absolute atomic E-state index is 0.302. The van der Waals surface area contributed by atoms with E-state index in [9.17, 15) is 4.79 Å². The molecule has 3 rings (SSSR count). The molecule has 2 aromatic heterocycles. The maximum atomic E-state index is 12.3. The van der Waals surface area contributed by atoms with Gasteiger partial charge in [0.05, 0.1) is 14.6 Å². The standard InChI is InChI=1S/C15H12BrClIN5O/c1-22-8-12(18)13(20-22)15(24)19-14-10(16)7-23(21-14)6-9-4-2-3-5-11(9)17/h2-5,7-8H,6H2,1H3,(H,19,21,24). The molecule has 0 fully saturated rings. The van der Waals surface area contributed by atoms with Gasteiger partial charge in [0.15, 0.2) is 11.5 Å². The molecule has 0 saturated heterocycles. The normalized spacial score (nSPS) is 10.8. The summed E-state index contributed by atoms with van der Waals surface area (Å²) in [7, 11) is 1.77. The highest BCUT2D eigenvalue weighted by atomic mass is 127. The van der Waals surface area contributed by atoms with Crippen LogP contribution in [0.4, 0.5) is 5.82 Å². The Labute approximate surface area is 165 Å². The third-order valence-electron chi connectivity index (χ3n) is 3.24. The van der Waals surface area contributed by atoms with Crippen molar-refractivity contribution in [2.45, 2.75) is 6.54 Å². The average molecular weight is 521 g/mol. The molecule has 1 amide bonds. The number of nitrogens with one attached hydrogen (secondary N) is 1. The lowest BCUT2D eigenvalue weighted by molar-refractivity contribution is 0.102. The van der Waals surface area contributed by atoms with Crippen LogP contribution in [0.5, 0.6) is 0 Å². The third-order valence-corrected chi connectivity index (χ3v) is 4.98. The van der Waals surface area contributed by atoms with Crippen LogP contribution in [-0.2, 0) is 13.6 Å². The number of hydrogen-bond donors (Lipinski definition) is 1. The second-order valence-electron chi connectivity index (χ2n) is 5.07. The van der Waals surface area contributed by atoms with E-state index < -0.39 is 0 Å². The first-order valence-corrected chi connectivity index (χ1v) is 9.16. The van der Waals surface area contributed by atoms with Crippen LogP contribution in [0.15, 0.2) is 41.1 Å². The van der Waals surface area contributed by atoms with Gasteiger partial charge in [-0.3, -0.25) is 14.2 Å². The molecule has 0 bridgehead atoms. The van der Waals surface area contributed by atoms with Crippen molar-refractivity contribution in [3.63, 3.8) is 0 Å². The van der Waals surface area contributed by atoms with Gasteiger partial charge in [-0.05, 0) is 50.2 Å². The molecule has 0 aliphatic heterocycles. The predicted molar refractivity (Wildman–Crippen MR) is 104 cm³/mol. The van der Waals surface area contributed by atoms with Crippen LogP contribution >= 0.6 is 50.1 Å². The molecule has 0 aliphatic rings. The molecule has 0 saturated carbocycles. The van der Waals surface area contributed by atoms with E-state index in [-0.39, 0.29) is 5.91 Å². The summed E-state index contributed by atoms with van der Waals surface area (Å²) in [5, 5.41) is 12.0. The highest BCUT2D eigenvalue weighted by molar-refractivity contribution is 14.1. The molecule has 9 heteroatoms. The molecule has 2 heterocycles. The van der Waals surface area contributed by atoms with Crippen molar-refractivity contribution in [2.75, 3.05) is 5.32 Å². The molecule has 1 N–H and O–H groups in total. The number of aryl methyl sites for hydroxylation is 1. The van der Waals surface area contributed by atoms with Gasteiger partial charge in [0.2, 0.25) is 0 Å². The third kappa shape index (κ3) is 3.81. The van der Waals surface area contributed by atoms with E-state index in [1.807, 2.05) is 24.3 Å². The molecule has 0 aliphatic carbocycles. The summed E-state index contributed by atoms with van der Waals surface area (Å²) in [5.41, 5.74) is 1.32. The molecule has 1 aromatic carbocycles. The molecular formula is C15H12BrClIN5O. The van der Waals surface area contributed by atoms with Gasteiger partial charge in [-0.15, -0.1) is 0 Å². The summed E-state index contributed by atoms with van der Waals surface area (Å²) in [4.78, 5) is 12.3. The number of anilines is 1. The summed E-state index contributed by atoms with van der Waals surface area (Å²) in [6.07, 6.45) is 3.57. The number of rotatable bonds is 4. The van der Waals surface area contributed by atoms with Crippen molar-refractivity contribution < 1.29 is 4.79 Å². The van der Waals surface area contributed by atoms with Crippen LogP contribution in [0.1, 0.15) is 16.1 Å². The van der Waals surface area contributed by atoms with Crippen molar-refractivity contribution in [1.82, 2.24) is 19.6 Å². The number of amides is 1. The van der Waals surface area contributed by atoms with Gasteiger partial charge < -0.3 is 5.32 Å². The first-order chi connectivity index (χ1) is 11.4. The van der Waals surface area contributed by atoms with Gasteiger partial charge in [0.25, 0.3) is 5.91 Å². The molecule has 0 spiro atoms. The SMILES string of the molecule is Cn1cc(I)c(C(=O)Nc2nn(Cc3ccccc3Cl)cc2Br)n1. The Morgan fingerprint density at radius 2 is 2.08 bits per heavy atom. The number of halogens is 3. The summed E-state index contributed by atoms with van der Waals surface area (Å²) >= 11 is 11.7. The Morgan fingerprint density at radius 1 is 1.33 bits per heavy atom. The number of carbonyl (C=O) groups is 1. The van der Waals surface area contributed by atoms with Crippen molar-refractivity contribution in [3.8, 4) is 0 Å². The van der Waals surface area contributed by atoms with Crippen molar-refractivity contribution in [1.29, 1.82) is 0 Å². The van der Waals surface area contributed by atoms with Crippen LogP contribution < -0.4 is 5.32 Å². The van der Waals surface area contributed by atoms with Crippen molar-refractivity contribution >= 4 is 61.8 Å². The smallest absolute Gasteiger partial charge is 0.278 e. The molecule has 6 nitrogen and oxygen atoms in total. The topological polar surface area (TPSA) is 64.7 Å². The monoisotopic (exact) mass is 519 g/mol. The van der Waals surface area contributed by atoms with Crippen molar-refractivity contribution in [2.24, 2.45) is 7.05 Å². The Balaban J connectivity index is 1.78. The lowest BCUT2D eigenvalue weighted by atomic mass is 10.2. The van der Waals surface area contributed by atoms with Crippen LogP contribution in [0.2, 0.25) is 5.02 Å². The molecule has 24 heavy (non-hydrogen) atoms. The van der Waals surface area contributed by atoms with Crippen LogP contribution in [0.3, 0.4) is 0 Å². The van der Waals surface area contributed by atoms with E-state index in [0.717, 1.165) is 9.13 Å². The number of benzene rings is 1. The molecule has 0 atom stereocenters. The van der Waals surface area contributed by atoms with Gasteiger partial charge >= 0.3 is 0 Å². The van der Waals surface area contributed by atoms with Crippen molar-refractivity contribution in [3.05, 3.63) is 61.0 Å². The molecule has 0 radical (unpaired) electrons. The minimum atomic E-state index is -0.302. The highest BCUT2D eigenvalue weighted by Gasteiger charge is 2.17. The molecule has 3 aromatic rings. The summed E-state index contributed by atoms with van der Waals surface area (Å²) < 4.78 is 4.78. The fourth-order valence-electron chi connectivity index (χ4n) is 2.14. The Morgan fingerprint density at radius 3 is 2.75 bits per heavy atom. The molecular weight excluding hydrogens is 508 g/mol. The zero-order valence-corrected chi connectivity index (χ0v) is 17.0. The maximum Gasteiger partial charge on any atom is 0.278 e. The van der Waals surface area contributed by atoms with Crippen LogP contribution in [-0.4, -0.2) is 25.5 Å². The van der Waals surface area contributed by atoms with Crippen LogP contribution in [0, 0.1) is 3.57 Å². The molecule has 0 unspecified atom stereocenters. The zero-order chi connectivity index (χ0) is 17.3. The fraction of sp³-hybridized carbons (Fsp3) is 0.133. The first kappa shape index (κ1) is 17.4. The van der Waals surface area contributed by atoms with E-state index in [2.05, 4.69) is 54.0 Å². The van der Waals surface area contributed by atoms with Gasteiger partial charge in [-0.2, -0.15) is 10.2 Å². The second-order valence-corrected chi connectivity index (χ2v) is 7.49. The van der Waals surface area contributed by atoms with E-state index >= 15 is 0 Å². The van der Waals surface area contributed by atoms with E-state index in [1.165, 1.54) is 0 Å². The number of hydrogen-bond acceptors (Lipinski definition) is 3. The summed E-state index contributed by atoms with van der Waals surface area (Å²) in [6, 6.07) is 7.57. The maximum absolute atomic E-state index is 12.3. The van der Waals surface area contributed by atoms with Gasteiger partial charge in [-0.1, -0.05) is 29.8 Å². The molecule has 124 valence electrons. The first-order valence-electron chi connectivity index (χ1n) is 6.91. The average Bonchev–Trinajstić information content (AvgIpc) is 3.04. The van der Waals surface area contributed by atoms with E-state index in [4.69, 9.17) is 11.6 Å². The lowest BCUT2D eigenvalue weighted by Gasteiger charge is -2.04. The van der Waals surface area contributed by atoms with Gasteiger partial charge in [0, 0.05) is 24.5 Å². The number of nitrogens with zero attached hydrogens (tertiary/aromatic N) is 4. The Hall–Kier alpha value is -1.39. The largest absolute Gasteiger partial charge is 0.303 e. The Bertz CT molecular complexity index is 907. The predicted octanol–water partition coefficient (Wildman–Crippen LogP) is 3.94. The van der Waals surface area contributed by atoms with E-state index in [1.54, 1.807) is 28.8 Å². The zero-order valence-electron chi connectivity index (χ0n) is 12.5. The van der Waals surface area contributed by atoms with Gasteiger partial charge in [0.1, 0.15) is 0 Å². The fourth-order valence-corrected chi connectivity index (χ4v) is 3.51. The summed E-state index contributed by atoms with van der Waals surface area (Å²) in [6.45, 7) is 0.509. The second kappa shape index (κ2) is 7.24. The highest BCUT2D eigenvalue weighted by Crippen LogP contribution is 2.23. The quantitative estimate of drug-likeness (QED) is 0.531. The summed E-state index contributed by atoms with van der Waals surface area (Å²) in [5.74, 6) is 0.136. The lowest BCUT2D eigenvalue weighted by Crippen LogP contribution is -2.15.